The summed E-state index contributed by atoms with van der Waals surface area (Å²) in [6.07, 6.45) is 0. The molecule has 18 heavy (non-hydrogen) atoms. The molecule has 1 aromatic carbocycles. The summed E-state index contributed by atoms with van der Waals surface area (Å²) in [5.41, 5.74) is 0. The second-order valence-electron chi connectivity index (χ2n) is 3.42. The molecule has 3 nitrogen and oxygen atoms in total. The Morgan fingerprint density at radius 1 is 1.39 bits per heavy atom. The zero-order valence-electron chi connectivity index (χ0n) is 9.75. The molecule has 0 saturated carbocycles. The fourth-order valence-corrected chi connectivity index (χ4v) is 3.40. The van der Waals surface area contributed by atoms with E-state index >= 15 is 0 Å². The second-order valence-corrected chi connectivity index (χ2v) is 6.00. The van der Waals surface area contributed by atoms with Gasteiger partial charge in [-0.3, -0.25) is 0 Å². The Bertz CT molecular complexity index is 534. The number of para-hydroxylation sites is 1. The third-order valence-electron chi connectivity index (χ3n) is 2.12. The molecule has 0 radical (unpaired) electrons. The van der Waals surface area contributed by atoms with Crippen LogP contribution in [-0.4, -0.2) is 16.8 Å². The second kappa shape index (κ2) is 5.93. The van der Waals surface area contributed by atoms with Crippen LogP contribution in [0.2, 0.25) is 0 Å². The molecule has 1 N–H and O–H groups in total. The Kier molecular flexibility index (Phi) is 4.28. The van der Waals surface area contributed by atoms with Crippen LogP contribution in [0.25, 0.3) is 0 Å². The third-order valence-corrected chi connectivity index (χ3v) is 4.38. The monoisotopic (exact) mass is 280 g/mol. The molecule has 1 heterocycles. The van der Waals surface area contributed by atoms with Crippen LogP contribution in [-0.2, 0) is 0 Å². The van der Waals surface area contributed by atoms with E-state index in [0.717, 1.165) is 9.96 Å². The molecule has 0 spiro atoms. The Morgan fingerprint density at radius 2 is 2.11 bits per heavy atom. The maximum atomic E-state index is 11.0. The Hall–Kier alpha value is -1.46. The van der Waals surface area contributed by atoms with Crippen LogP contribution in [0.1, 0.15) is 16.6 Å². The van der Waals surface area contributed by atoms with Crippen molar-refractivity contribution in [2.75, 3.05) is 5.75 Å². The van der Waals surface area contributed by atoms with E-state index in [9.17, 15) is 4.79 Å². The van der Waals surface area contributed by atoms with Gasteiger partial charge in [0.1, 0.15) is 14.8 Å². The molecule has 0 aliphatic heterocycles. The fourth-order valence-electron chi connectivity index (χ4n) is 1.38. The van der Waals surface area contributed by atoms with Gasteiger partial charge in [-0.05, 0) is 17.9 Å². The topological polar surface area (TPSA) is 46.5 Å². The lowest BCUT2D eigenvalue weighted by Gasteiger charge is -2.05. The minimum atomic E-state index is -0.916. The smallest absolute Gasteiger partial charge is 0.346 e. The largest absolute Gasteiger partial charge is 0.477 e. The number of carbonyl (C=O) groups is 1. The highest BCUT2D eigenvalue weighted by atomic mass is 32.2. The van der Waals surface area contributed by atoms with Crippen LogP contribution < -0.4 is 4.74 Å². The van der Waals surface area contributed by atoms with Gasteiger partial charge in [-0.1, -0.05) is 25.1 Å². The number of rotatable bonds is 5. The van der Waals surface area contributed by atoms with Crippen molar-refractivity contribution in [2.24, 2.45) is 0 Å². The minimum absolute atomic E-state index is 0.303. The van der Waals surface area contributed by atoms with E-state index in [1.54, 1.807) is 17.8 Å². The molecule has 1 aromatic heterocycles. The van der Waals surface area contributed by atoms with Crippen LogP contribution in [0.5, 0.6) is 11.5 Å². The van der Waals surface area contributed by atoms with E-state index in [-0.39, 0.29) is 0 Å². The normalized spacial score (nSPS) is 10.3. The van der Waals surface area contributed by atoms with Crippen molar-refractivity contribution < 1.29 is 14.6 Å². The van der Waals surface area contributed by atoms with Crippen molar-refractivity contribution in [2.45, 2.75) is 11.1 Å². The summed E-state index contributed by atoms with van der Waals surface area (Å²) in [7, 11) is 0. The average molecular weight is 280 g/mol. The number of hydrogen-bond donors (Lipinski definition) is 1. The number of hydrogen-bond acceptors (Lipinski definition) is 4. The maximum Gasteiger partial charge on any atom is 0.346 e. The van der Waals surface area contributed by atoms with Gasteiger partial charge < -0.3 is 9.84 Å². The standard InChI is InChI=1S/C13H12O3S2/c1-2-17-13-10(8-11(18-13)12(14)15)16-9-6-4-3-5-7-9/h3-8H,2H2,1H3,(H,14,15). The number of thiophene rings is 1. The van der Waals surface area contributed by atoms with Gasteiger partial charge >= 0.3 is 5.97 Å². The van der Waals surface area contributed by atoms with Crippen LogP contribution in [0.4, 0.5) is 0 Å². The van der Waals surface area contributed by atoms with Crippen LogP contribution >= 0.6 is 23.1 Å². The number of aromatic carboxylic acids is 1. The van der Waals surface area contributed by atoms with E-state index in [2.05, 4.69) is 0 Å². The molecule has 0 fully saturated rings. The summed E-state index contributed by atoms with van der Waals surface area (Å²) in [5.74, 6) is 1.30. The zero-order valence-corrected chi connectivity index (χ0v) is 11.4. The zero-order chi connectivity index (χ0) is 13.0. The van der Waals surface area contributed by atoms with Gasteiger partial charge in [0, 0.05) is 6.07 Å². The molecule has 5 heteroatoms. The first-order chi connectivity index (χ1) is 8.70. The predicted octanol–water partition coefficient (Wildman–Crippen LogP) is 4.35. The first kappa shape index (κ1) is 13.0. The highest BCUT2D eigenvalue weighted by Gasteiger charge is 2.15. The Balaban J connectivity index is 2.28. The Morgan fingerprint density at radius 3 is 2.72 bits per heavy atom. The van der Waals surface area contributed by atoms with E-state index in [1.165, 1.54) is 11.3 Å². The first-order valence-corrected chi connectivity index (χ1v) is 7.23. The fraction of sp³-hybridized carbons (Fsp3) is 0.154. The molecule has 2 rings (SSSR count). The van der Waals surface area contributed by atoms with Gasteiger partial charge in [0.15, 0.2) is 5.75 Å². The summed E-state index contributed by atoms with van der Waals surface area (Å²) in [6, 6.07) is 10.9. The van der Waals surface area contributed by atoms with Crippen molar-refractivity contribution in [1.82, 2.24) is 0 Å². The van der Waals surface area contributed by atoms with Gasteiger partial charge in [0.05, 0.1) is 0 Å². The molecule has 0 amide bonds. The highest BCUT2D eigenvalue weighted by molar-refractivity contribution is 8.01. The highest BCUT2D eigenvalue weighted by Crippen LogP contribution is 2.40. The Labute approximate surface area is 113 Å². The predicted molar refractivity (Wildman–Crippen MR) is 74.2 cm³/mol. The molecule has 0 aliphatic carbocycles. The number of carboxylic acid groups (broad SMARTS) is 1. The van der Waals surface area contributed by atoms with E-state index in [4.69, 9.17) is 9.84 Å². The van der Waals surface area contributed by atoms with Gasteiger partial charge in [0.25, 0.3) is 0 Å². The van der Waals surface area contributed by atoms with Crippen molar-refractivity contribution in [3.8, 4) is 11.5 Å². The molecular formula is C13H12O3S2. The lowest BCUT2D eigenvalue weighted by atomic mass is 10.3. The summed E-state index contributed by atoms with van der Waals surface area (Å²) in [4.78, 5) is 11.3. The summed E-state index contributed by atoms with van der Waals surface area (Å²) < 4.78 is 6.62. The number of carboxylic acids is 1. The third kappa shape index (κ3) is 3.05. The first-order valence-electron chi connectivity index (χ1n) is 5.43. The van der Waals surface area contributed by atoms with Crippen molar-refractivity contribution >= 4 is 29.1 Å². The number of thioether (sulfide) groups is 1. The molecule has 0 aliphatic rings. The van der Waals surface area contributed by atoms with Crippen molar-refractivity contribution in [3.05, 3.63) is 41.3 Å². The summed E-state index contributed by atoms with van der Waals surface area (Å²) in [5, 5.41) is 9.00. The SMILES string of the molecule is CCSc1sc(C(=O)O)cc1Oc1ccccc1. The molecule has 0 unspecified atom stereocenters. The van der Waals surface area contributed by atoms with Crippen LogP contribution in [0.15, 0.2) is 40.6 Å². The molecule has 0 atom stereocenters. The lowest BCUT2D eigenvalue weighted by Crippen LogP contribution is -1.90. The van der Waals surface area contributed by atoms with Crippen LogP contribution in [0.3, 0.4) is 0 Å². The van der Waals surface area contributed by atoms with E-state index in [1.807, 2.05) is 37.3 Å². The molecule has 0 bridgehead atoms. The minimum Gasteiger partial charge on any atom is -0.477 e. The molecular weight excluding hydrogens is 268 g/mol. The molecule has 2 aromatic rings. The quantitative estimate of drug-likeness (QED) is 0.827. The van der Waals surface area contributed by atoms with Gasteiger partial charge in [-0.2, -0.15) is 0 Å². The van der Waals surface area contributed by atoms with Crippen LogP contribution in [0, 0.1) is 0 Å². The lowest BCUT2D eigenvalue weighted by molar-refractivity contribution is 0.0702. The van der Waals surface area contributed by atoms with Crippen molar-refractivity contribution in [3.63, 3.8) is 0 Å². The van der Waals surface area contributed by atoms with Gasteiger partial charge in [-0.15, -0.1) is 23.1 Å². The van der Waals surface area contributed by atoms with Crippen molar-refractivity contribution in [1.29, 1.82) is 0 Å². The van der Waals surface area contributed by atoms with E-state index in [0.29, 0.717) is 16.4 Å². The molecule has 0 saturated heterocycles. The summed E-state index contributed by atoms with van der Waals surface area (Å²) in [6.45, 7) is 2.02. The van der Waals surface area contributed by atoms with Gasteiger partial charge in [-0.25, -0.2) is 4.79 Å². The van der Waals surface area contributed by atoms with Gasteiger partial charge in [0.2, 0.25) is 0 Å². The number of ether oxygens (including phenoxy) is 1. The average Bonchev–Trinajstić information content (AvgIpc) is 2.75. The number of benzene rings is 1. The van der Waals surface area contributed by atoms with E-state index < -0.39 is 5.97 Å². The maximum absolute atomic E-state index is 11.0. The summed E-state index contributed by atoms with van der Waals surface area (Å²) >= 11 is 2.84. The molecule has 94 valence electrons.